The summed E-state index contributed by atoms with van der Waals surface area (Å²) < 4.78 is 1.46. The third-order valence-electron chi connectivity index (χ3n) is 2.84. The first-order valence-electron chi connectivity index (χ1n) is 5.42. The molecule has 2 heterocycles. The predicted octanol–water partition coefficient (Wildman–Crippen LogP) is 0.402. The molecule has 0 spiro atoms. The second-order valence-corrected chi connectivity index (χ2v) is 3.69. The highest BCUT2D eigenvalue weighted by Gasteiger charge is 2.42. The van der Waals surface area contributed by atoms with Crippen LogP contribution in [0.3, 0.4) is 0 Å². The van der Waals surface area contributed by atoms with Gasteiger partial charge < -0.3 is 0 Å². The van der Waals surface area contributed by atoms with E-state index in [0.29, 0.717) is 18.8 Å². The zero-order valence-electron chi connectivity index (χ0n) is 9.38. The number of amides is 1. The van der Waals surface area contributed by atoms with Crippen molar-refractivity contribution < 1.29 is 14.2 Å². The molecule has 1 aromatic heterocycles. The van der Waals surface area contributed by atoms with Crippen molar-refractivity contribution >= 4 is 17.6 Å². The smallest absolute Gasteiger partial charge is 0.255 e. The molecule has 0 N–H and O–H groups in total. The van der Waals surface area contributed by atoms with Crippen molar-refractivity contribution in [3.8, 4) is 0 Å². The van der Waals surface area contributed by atoms with Crippen molar-refractivity contribution in [3.63, 3.8) is 0 Å². The molecule has 0 aliphatic carbocycles. The summed E-state index contributed by atoms with van der Waals surface area (Å²) >= 11 is 0. The first kappa shape index (κ1) is 10.7. The van der Waals surface area contributed by atoms with Gasteiger partial charge in [-0.3, -0.25) is 9.59 Å². The highest BCUT2D eigenvalue weighted by Crippen LogP contribution is 2.19. The highest BCUT2D eigenvalue weighted by atomic mass is 16.2. The maximum Gasteiger partial charge on any atom is 0.303 e. The number of anilines is 1. The summed E-state index contributed by atoms with van der Waals surface area (Å²) in [5, 5.41) is 0. The summed E-state index contributed by atoms with van der Waals surface area (Å²) in [5.74, 6) is -0.250. The SMILES string of the molecule is CCC1C(=O)N(CC)c2ccnc[n+]2C1=O. The van der Waals surface area contributed by atoms with Crippen molar-refractivity contribution in [1.29, 1.82) is 0 Å². The first-order valence-corrected chi connectivity index (χ1v) is 5.42. The third kappa shape index (κ3) is 1.39. The fourth-order valence-electron chi connectivity index (χ4n) is 1.99. The van der Waals surface area contributed by atoms with Gasteiger partial charge in [0, 0.05) is 6.07 Å². The monoisotopic (exact) mass is 220 g/mol. The summed E-state index contributed by atoms with van der Waals surface area (Å²) in [5.41, 5.74) is 0. The number of nitrogens with zero attached hydrogens (tertiary/aromatic N) is 3. The Balaban J connectivity index is 2.56. The van der Waals surface area contributed by atoms with Crippen LogP contribution in [0.2, 0.25) is 0 Å². The maximum atomic E-state index is 12.0. The molecule has 0 aromatic carbocycles. The minimum absolute atomic E-state index is 0.110. The lowest BCUT2D eigenvalue weighted by Crippen LogP contribution is -2.61. The van der Waals surface area contributed by atoms with Crippen LogP contribution in [0.1, 0.15) is 25.1 Å². The van der Waals surface area contributed by atoms with Crippen LogP contribution in [-0.4, -0.2) is 23.3 Å². The van der Waals surface area contributed by atoms with E-state index in [4.69, 9.17) is 0 Å². The number of aromatic nitrogens is 2. The van der Waals surface area contributed by atoms with Crippen molar-refractivity contribution in [1.82, 2.24) is 4.98 Å². The van der Waals surface area contributed by atoms with E-state index in [1.54, 1.807) is 17.2 Å². The molecule has 1 atom stereocenters. The van der Waals surface area contributed by atoms with Crippen LogP contribution in [-0.2, 0) is 4.79 Å². The van der Waals surface area contributed by atoms with Crippen molar-refractivity contribution in [3.05, 3.63) is 18.6 Å². The van der Waals surface area contributed by atoms with Gasteiger partial charge in [-0.2, -0.15) is 4.57 Å². The third-order valence-corrected chi connectivity index (χ3v) is 2.84. The van der Waals surface area contributed by atoms with Crippen molar-refractivity contribution in [2.45, 2.75) is 20.3 Å². The largest absolute Gasteiger partial charge is 0.303 e. The molecule has 1 aliphatic rings. The average molecular weight is 220 g/mol. The molecule has 0 fully saturated rings. The Hall–Kier alpha value is -1.78. The van der Waals surface area contributed by atoms with Gasteiger partial charge in [0.2, 0.25) is 12.1 Å². The van der Waals surface area contributed by atoms with E-state index in [0.717, 1.165) is 0 Å². The summed E-state index contributed by atoms with van der Waals surface area (Å²) in [6.45, 7) is 4.30. The molecule has 1 aliphatic heterocycles. The molecule has 2 rings (SSSR count). The fourth-order valence-corrected chi connectivity index (χ4v) is 1.99. The average Bonchev–Trinajstić information content (AvgIpc) is 2.30. The van der Waals surface area contributed by atoms with E-state index < -0.39 is 5.92 Å². The Morgan fingerprint density at radius 3 is 2.81 bits per heavy atom. The maximum absolute atomic E-state index is 12.0. The van der Waals surface area contributed by atoms with Crippen molar-refractivity contribution in [2.24, 2.45) is 5.92 Å². The molecular formula is C11H14N3O2+. The second-order valence-electron chi connectivity index (χ2n) is 3.69. The lowest BCUT2D eigenvalue weighted by molar-refractivity contribution is -0.568. The summed E-state index contributed by atoms with van der Waals surface area (Å²) in [6.07, 6.45) is 3.58. The van der Waals surface area contributed by atoms with Gasteiger partial charge in [-0.15, -0.1) is 4.98 Å². The molecule has 16 heavy (non-hydrogen) atoms. The van der Waals surface area contributed by atoms with Gasteiger partial charge in [0.05, 0.1) is 6.54 Å². The molecule has 0 saturated carbocycles. The predicted molar refractivity (Wildman–Crippen MR) is 56.9 cm³/mol. The van der Waals surface area contributed by atoms with Crippen molar-refractivity contribution in [2.75, 3.05) is 11.4 Å². The number of carbonyl (C=O) groups is 2. The molecule has 0 radical (unpaired) electrons. The van der Waals surface area contributed by atoms with E-state index in [-0.39, 0.29) is 11.8 Å². The fraction of sp³-hybridized carbons (Fsp3) is 0.455. The summed E-state index contributed by atoms with van der Waals surface area (Å²) in [4.78, 5) is 29.6. The molecule has 5 nitrogen and oxygen atoms in total. The van der Waals surface area contributed by atoms with Crippen LogP contribution in [0, 0.1) is 5.92 Å². The number of carbonyl (C=O) groups excluding carboxylic acids is 2. The first-order chi connectivity index (χ1) is 7.70. The van der Waals surface area contributed by atoms with Crippen LogP contribution in [0.5, 0.6) is 0 Å². The minimum Gasteiger partial charge on any atom is -0.255 e. The highest BCUT2D eigenvalue weighted by molar-refractivity contribution is 6.07. The lowest BCUT2D eigenvalue weighted by Gasteiger charge is -2.26. The van der Waals surface area contributed by atoms with E-state index in [1.807, 2.05) is 13.8 Å². The Morgan fingerprint density at radius 1 is 1.44 bits per heavy atom. The number of rotatable bonds is 2. The van der Waals surface area contributed by atoms with Crippen LogP contribution in [0.15, 0.2) is 18.6 Å². The Bertz CT molecular complexity index is 445. The van der Waals surface area contributed by atoms with E-state index in [9.17, 15) is 9.59 Å². The Morgan fingerprint density at radius 2 is 2.19 bits per heavy atom. The van der Waals surface area contributed by atoms with E-state index in [2.05, 4.69) is 4.98 Å². The summed E-state index contributed by atoms with van der Waals surface area (Å²) in [6, 6.07) is 1.69. The molecule has 1 amide bonds. The number of hydrogen-bond acceptors (Lipinski definition) is 3. The number of hydrogen-bond donors (Lipinski definition) is 0. The quantitative estimate of drug-likeness (QED) is 0.535. The Kier molecular flexibility index (Phi) is 2.68. The van der Waals surface area contributed by atoms with Gasteiger partial charge in [0.25, 0.3) is 5.91 Å². The second kappa shape index (κ2) is 4.00. The number of fused-ring (bicyclic) bond motifs is 1. The van der Waals surface area contributed by atoms with Crippen LogP contribution >= 0.6 is 0 Å². The summed E-state index contributed by atoms with van der Waals surface area (Å²) in [7, 11) is 0. The molecule has 1 aromatic rings. The zero-order chi connectivity index (χ0) is 11.7. The van der Waals surface area contributed by atoms with Gasteiger partial charge in [-0.1, -0.05) is 6.92 Å². The van der Waals surface area contributed by atoms with E-state index >= 15 is 0 Å². The molecule has 84 valence electrons. The van der Waals surface area contributed by atoms with Gasteiger partial charge >= 0.3 is 5.91 Å². The molecule has 0 saturated heterocycles. The molecule has 0 bridgehead atoms. The normalized spacial score (nSPS) is 19.9. The Labute approximate surface area is 93.7 Å². The lowest BCUT2D eigenvalue weighted by atomic mass is 10.0. The van der Waals surface area contributed by atoms with Gasteiger partial charge in [-0.25, -0.2) is 4.90 Å². The van der Waals surface area contributed by atoms with Gasteiger partial charge in [-0.05, 0) is 13.3 Å². The van der Waals surface area contributed by atoms with Crippen LogP contribution < -0.4 is 9.47 Å². The molecule has 1 unspecified atom stereocenters. The van der Waals surface area contributed by atoms with Crippen LogP contribution in [0.4, 0.5) is 5.82 Å². The molecule has 5 heteroatoms. The van der Waals surface area contributed by atoms with Gasteiger partial charge in [0.15, 0.2) is 0 Å². The topological polar surface area (TPSA) is 54.2 Å². The molecular weight excluding hydrogens is 206 g/mol. The minimum atomic E-state index is -0.568. The zero-order valence-corrected chi connectivity index (χ0v) is 9.38. The van der Waals surface area contributed by atoms with Gasteiger partial charge in [0.1, 0.15) is 12.1 Å². The van der Waals surface area contributed by atoms with Crippen LogP contribution in [0.25, 0.3) is 0 Å². The van der Waals surface area contributed by atoms with E-state index in [1.165, 1.54) is 10.9 Å². The standard InChI is InChI=1S/C11H14N3O2/c1-3-8-10(15)13(4-2)9-5-6-12-7-14(9)11(8)16/h5-8H,3-4H2,1-2H3/q+1.